The lowest BCUT2D eigenvalue weighted by Crippen LogP contribution is -2.13. The summed E-state index contributed by atoms with van der Waals surface area (Å²) in [6.45, 7) is 0. The Kier molecular flexibility index (Phi) is 1.63. The van der Waals surface area contributed by atoms with Gasteiger partial charge in [0.2, 0.25) is 0 Å². The highest BCUT2D eigenvalue weighted by atomic mass is 16.3. The molecule has 0 aliphatic heterocycles. The molecule has 0 saturated carbocycles. The van der Waals surface area contributed by atoms with E-state index in [0.29, 0.717) is 0 Å². The number of carbonyl (C=O) groups is 1. The van der Waals surface area contributed by atoms with Crippen molar-refractivity contribution in [1.82, 2.24) is 4.98 Å². The molecule has 0 aromatic carbocycles. The van der Waals surface area contributed by atoms with Gasteiger partial charge in [0.15, 0.2) is 5.69 Å². The Morgan fingerprint density at radius 1 is 1.64 bits per heavy atom. The molecular formula is C6H7N3O2. The van der Waals surface area contributed by atoms with Gasteiger partial charge in [-0.15, -0.1) is 0 Å². The van der Waals surface area contributed by atoms with Crippen LogP contribution in [0.1, 0.15) is 10.5 Å². The van der Waals surface area contributed by atoms with Crippen molar-refractivity contribution in [2.24, 2.45) is 5.73 Å². The summed E-state index contributed by atoms with van der Waals surface area (Å²) >= 11 is 0. The number of amides is 1. The number of primary amides is 1. The lowest BCUT2D eigenvalue weighted by molar-refractivity contribution is 0.0993. The molecule has 0 aliphatic rings. The van der Waals surface area contributed by atoms with Crippen molar-refractivity contribution in [1.29, 1.82) is 0 Å². The van der Waals surface area contributed by atoms with Crippen molar-refractivity contribution in [2.75, 3.05) is 5.73 Å². The van der Waals surface area contributed by atoms with Gasteiger partial charge in [-0.05, 0) is 0 Å². The molecule has 5 heteroatoms. The number of carbonyl (C=O) groups excluding carboxylic acids is 1. The van der Waals surface area contributed by atoms with Crippen LogP contribution >= 0.6 is 0 Å². The number of hydrogen-bond donors (Lipinski definition) is 3. The van der Waals surface area contributed by atoms with E-state index in [1.165, 1.54) is 12.3 Å². The molecule has 11 heavy (non-hydrogen) atoms. The molecule has 0 bridgehead atoms. The van der Waals surface area contributed by atoms with Gasteiger partial charge >= 0.3 is 0 Å². The summed E-state index contributed by atoms with van der Waals surface area (Å²) in [6.07, 6.45) is 1.25. The molecule has 1 heterocycles. The number of aromatic nitrogens is 1. The quantitative estimate of drug-likeness (QED) is 0.504. The van der Waals surface area contributed by atoms with Crippen molar-refractivity contribution in [3.8, 4) is 5.75 Å². The molecule has 0 spiro atoms. The average Bonchev–Trinajstić information content (AvgIpc) is 1.85. The van der Waals surface area contributed by atoms with E-state index in [0.717, 1.165) is 0 Å². The minimum atomic E-state index is -0.775. The normalized spacial score (nSPS) is 9.45. The monoisotopic (exact) mass is 153 g/mol. The second-order valence-corrected chi connectivity index (χ2v) is 2.00. The van der Waals surface area contributed by atoms with Crippen LogP contribution in [0, 0.1) is 0 Å². The standard InChI is InChI=1S/C6H7N3O2/c7-3-1-4(10)5(6(8)11)9-2-3/h1-2,10H,7H2,(H2,8,11). The summed E-state index contributed by atoms with van der Waals surface area (Å²) in [5.41, 5.74) is 10.2. The summed E-state index contributed by atoms with van der Waals surface area (Å²) in [6, 6.07) is 1.22. The number of nitrogens with zero attached hydrogens (tertiary/aromatic N) is 1. The van der Waals surface area contributed by atoms with Crippen LogP contribution in [0.3, 0.4) is 0 Å². The fraction of sp³-hybridized carbons (Fsp3) is 0. The number of anilines is 1. The molecule has 0 unspecified atom stereocenters. The van der Waals surface area contributed by atoms with Gasteiger partial charge in [0.05, 0.1) is 11.9 Å². The van der Waals surface area contributed by atoms with Gasteiger partial charge in [0.25, 0.3) is 5.91 Å². The summed E-state index contributed by atoms with van der Waals surface area (Å²) in [5.74, 6) is -1.07. The van der Waals surface area contributed by atoms with Crippen LogP contribution in [0.4, 0.5) is 5.69 Å². The first-order valence-electron chi connectivity index (χ1n) is 2.85. The van der Waals surface area contributed by atoms with E-state index in [1.807, 2.05) is 0 Å². The molecule has 0 fully saturated rings. The van der Waals surface area contributed by atoms with Gasteiger partial charge in [-0.3, -0.25) is 4.79 Å². The number of hydrogen-bond acceptors (Lipinski definition) is 4. The number of nitrogens with two attached hydrogens (primary N) is 2. The Morgan fingerprint density at radius 2 is 2.27 bits per heavy atom. The van der Waals surface area contributed by atoms with Gasteiger partial charge in [-0.2, -0.15) is 0 Å². The molecule has 0 atom stereocenters. The topological polar surface area (TPSA) is 102 Å². The molecular weight excluding hydrogens is 146 g/mol. The van der Waals surface area contributed by atoms with E-state index in [9.17, 15) is 4.79 Å². The number of pyridine rings is 1. The zero-order chi connectivity index (χ0) is 8.43. The van der Waals surface area contributed by atoms with E-state index >= 15 is 0 Å². The Labute approximate surface area is 62.7 Å². The van der Waals surface area contributed by atoms with Crippen molar-refractivity contribution >= 4 is 11.6 Å². The highest BCUT2D eigenvalue weighted by molar-refractivity contribution is 5.93. The predicted octanol–water partition coefficient (Wildman–Crippen LogP) is -0.532. The first-order chi connectivity index (χ1) is 5.11. The van der Waals surface area contributed by atoms with E-state index in [2.05, 4.69) is 4.98 Å². The van der Waals surface area contributed by atoms with E-state index in [4.69, 9.17) is 16.6 Å². The summed E-state index contributed by atoms with van der Waals surface area (Å²) in [7, 11) is 0. The molecule has 1 amide bonds. The van der Waals surface area contributed by atoms with E-state index < -0.39 is 5.91 Å². The minimum absolute atomic E-state index is 0.167. The van der Waals surface area contributed by atoms with Crippen LogP contribution < -0.4 is 11.5 Å². The number of aromatic hydroxyl groups is 1. The number of nitrogen functional groups attached to an aromatic ring is 1. The van der Waals surface area contributed by atoms with Crippen molar-refractivity contribution in [3.63, 3.8) is 0 Å². The highest BCUT2D eigenvalue weighted by Crippen LogP contribution is 2.15. The molecule has 0 aliphatic carbocycles. The Morgan fingerprint density at radius 3 is 2.73 bits per heavy atom. The third-order valence-corrected chi connectivity index (χ3v) is 1.12. The van der Waals surface area contributed by atoms with Crippen LogP contribution in [-0.4, -0.2) is 16.0 Å². The Bertz CT molecular complexity index is 298. The zero-order valence-electron chi connectivity index (χ0n) is 5.61. The Balaban J connectivity index is 3.20. The second kappa shape index (κ2) is 2.45. The third kappa shape index (κ3) is 1.37. The predicted molar refractivity (Wildman–Crippen MR) is 38.8 cm³/mol. The maximum atomic E-state index is 10.5. The fourth-order valence-electron chi connectivity index (χ4n) is 0.659. The van der Waals surface area contributed by atoms with Crippen LogP contribution in [0.5, 0.6) is 5.75 Å². The van der Waals surface area contributed by atoms with Crippen LogP contribution in [-0.2, 0) is 0 Å². The summed E-state index contributed by atoms with van der Waals surface area (Å²) < 4.78 is 0. The zero-order valence-corrected chi connectivity index (χ0v) is 5.61. The minimum Gasteiger partial charge on any atom is -0.505 e. The van der Waals surface area contributed by atoms with Crippen molar-refractivity contribution in [2.45, 2.75) is 0 Å². The molecule has 5 nitrogen and oxygen atoms in total. The van der Waals surface area contributed by atoms with Gasteiger partial charge in [0.1, 0.15) is 5.75 Å². The van der Waals surface area contributed by atoms with Crippen LogP contribution in [0.15, 0.2) is 12.3 Å². The molecule has 1 aromatic heterocycles. The van der Waals surface area contributed by atoms with E-state index in [-0.39, 0.29) is 17.1 Å². The van der Waals surface area contributed by atoms with E-state index in [1.54, 1.807) is 0 Å². The summed E-state index contributed by atoms with van der Waals surface area (Å²) in [5, 5.41) is 9.02. The second-order valence-electron chi connectivity index (χ2n) is 2.00. The average molecular weight is 153 g/mol. The Hall–Kier alpha value is -1.78. The first-order valence-corrected chi connectivity index (χ1v) is 2.85. The SMILES string of the molecule is NC(=O)c1ncc(N)cc1O. The first kappa shape index (κ1) is 7.33. The lowest BCUT2D eigenvalue weighted by atomic mass is 10.3. The van der Waals surface area contributed by atoms with Gasteiger partial charge in [-0.25, -0.2) is 4.98 Å². The maximum Gasteiger partial charge on any atom is 0.271 e. The van der Waals surface area contributed by atoms with Gasteiger partial charge in [-0.1, -0.05) is 0 Å². The third-order valence-electron chi connectivity index (χ3n) is 1.12. The lowest BCUT2D eigenvalue weighted by Gasteiger charge is -1.98. The molecule has 1 rings (SSSR count). The number of rotatable bonds is 1. The van der Waals surface area contributed by atoms with Crippen LogP contribution in [0.25, 0.3) is 0 Å². The molecule has 1 aromatic rings. The summed E-state index contributed by atoms with van der Waals surface area (Å²) in [4.78, 5) is 14.0. The molecule has 58 valence electrons. The van der Waals surface area contributed by atoms with Crippen LogP contribution in [0.2, 0.25) is 0 Å². The van der Waals surface area contributed by atoms with Gasteiger partial charge in [0, 0.05) is 6.07 Å². The van der Waals surface area contributed by atoms with Crippen molar-refractivity contribution < 1.29 is 9.90 Å². The van der Waals surface area contributed by atoms with Gasteiger partial charge < -0.3 is 16.6 Å². The molecule has 0 radical (unpaired) electrons. The maximum absolute atomic E-state index is 10.5. The smallest absolute Gasteiger partial charge is 0.271 e. The fourth-order valence-corrected chi connectivity index (χ4v) is 0.659. The highest BCUT2D eigenvalue weighted by Gasteiger charge is 2.07. The molecule has 5 N–H and O–H groups in total. The molecule has 0 saturated heterocycles. The van der Waals surface area contributed by atoms with Crippen molar-refractivity contribution in [3.05, 3.63) is 18.0 Å². The largest absolute Gasteiger partial charge is 0.505 e.